The lowest BCUT2D eigenvalue weighted by Crippen LogP contribution is -2.44. The van der Waals surface area contributed by atoms with Crippen LogP contribution in [-0.4, -0.2) is 42.8 Å². The van der Waals surface area contributed by atoms with E-state index >= 15 is 0 Å². The third-order valence-electron chi connectivity index (χ3n) is 4.07. The lowest BCUT2D eigenvalue weighted by molar-refractivity contribution is 0.101. The van der Waals surface area contributed by atoms with Gasteiger partial charge in [0.15, 0.2) is 0 Å². The highest BCUT2D eigenvalue weighted by Gasteiger charge is 2.21. The predicted molar refractivity (Wildman–Crippen MR) is 89.3 cm³/mol. The van der Waals surface area contributed by atoms with Crippen LogP contribution in [0.1, 0.15) is 23.8 Å². The minimum absolute atomic E-state index is 0.149. The van der Waals surface area contributed by atoms with Crippen LogP contribution >= 0.6 is 11.3 Å². The summed E-state index contributed by atoms with van der Waals surface area (Å²) in [5.74, 6) is 0.842. The standard InChI is InChI=1S/C16H22N4OS/c1-21-14(15-4-2-11-22-15)12-19-13-5-9-20(10-6-13)16-17-7-3-8-18-16/h2-4,7-8,11,13-14,19H,5-6,9-10,12H2,1H3/t14-/m0/s1. The molecule has 0 bridgehead atoms. The summed E-state index contributed by atoms with van der Waals surface area (Å²) in [5, 5.41) is 5.74. The zero-order valence-corrected chi connectivity index (χ0v) is 13.6. The van der Waals surface area contributed by atoms with Gasteiger partial charge in [-0.1, -0.05) is 6.07 Å². The van der Waals surface area contributed by atoms with Crippen molar-refractivity contribution in [3.8, 4) is 0 Å². The first-order chi connectivity index (χ1) is 10.9. The topological polar surface area (TPSA) is 50.3 Å². The fraction of sp³-hybridized carbons (Fsp3) is 0.500. The van der Waals surface area contributed by atoms with Crippen molar-refractivity contribution in [3.63, 3.8) is 0 Å². The molecule has 1 aliphatic rings. The van der Waals surface area contributed by atoms with E-state index in [2.05, 4.69) is 37.7 Å². The normalized spacial score (nSPS) is 17.6. The molecule has 6 heteroatoms. The van der Waals surface area contributed by atoms with Gasteiger partial charge in [0.2, 0.25) is 5.95 Å². The Morgan fingerprint density at radius 3 is 2.73 bits per heavy atom. The Balaban J connectivity index is 1.46. The molecule has 1 saturated heterocycles. The minimum atomic E-state index is 0.149. The molecule has 0 aromatic carbocycles. The number of anilines is 1. The van der Waals surface area contributed by atoms with Gasteiger partial charge in [0.1, 0.15) is 6.10 Å². The smallest absolute Gasteiger partial charge is 0.225 e. The van der Waals surface area contributed by atoms with Crippen LogP contribution in [0, 0.1) is 0 Å². The van der Waals surface area contributed by atoms with E-state index in [1.165, 1.54) is 4.88 Å². The van der Waals surface area contributed by atoms with Crippen molar-refractivity contribution in [3.05, 3.63) is 40.8 Å². The van der Waals surface area contributed by atoms with Gasteiger partial charge in [0.25, 0.3) is 0 Å². The van der Waals surface area contributed by atoms with Gasteiger partial charge >= 0.3 is 0 Å². The van der Waals surface area contributed by atoms with E-state index in [0.717, 1.165) is 38.4 Å². The Hall–Kier alpha value is -1.50. The molecular formula is C16H22N4OS. The summed E-state index contributed by atoms with van der Waals surface area (Å²) in [7, 11) is 1.78. The number of rotatable bonds is 6. The first-order valence-corrected chi connectivity index (χ1v) is 8.56. The Labute approximate surface area is 135 Å². The molecule has 0 spiro atoms. The van der Waals surface area contributed by atoms with Crippen LogP contribution in [0.3, 0.4) is 0 Å². The van der Waals surface area contributed by atoms with Crippen molar-refractivity contribution < 1.29 is 4.74 Å². The second kappa shape index (κ2) is 7.67. The molecule has 1 aliphatic heterocycles. The minimum Gasteiger partial charge on any atom is -0.375 e. The van der Waals surface area contributed by atoms with Crippen LogP contribution < -0.4 is 10.2 Å². The Bertz CT molecular complexity index is 541. The van der Waals surface area contributed by atoms with Crippen LogP contribution in [0.15, 0.2) is 36.0 Å². The molecule has 3 rings (SSSR count). The molecule has 2 aromatic rings. The third kappa shape index (κ3) is 3.82. The number of aromatic nitrogens is 2. The molecule has 0 aliphatic carbocycles. The third-order valence-corrected chi connectivity index (χ3v) is 5.03. The predicted octanol–water partition coefficient (Wildman–Crippen LogP) is 2.48. The SMILES string of the molecule is CO[C@@H](CNC1CCN(c2ncccn2)CC1)c1cccs1. The van der Waals surface area contributed by atoms with Gasteiger partial charge in [0, 0.05) is 50.1 Å². The highest BCUT2D eigenvalue weighted by molar-refractivity contribution is 7.10. The van der Waals surface area contributed by atoms with Gasteiger partial charge < -0.3 is 15.0 Å². The summed E-state index contributed by atoms with van der Waals surface area (Å²) in [4.78, 5) is 12.2. The van der Waals surface area contributed by atoms with E-state index < -0.39 is 0 Å². The number of ether oxygens (including phenoxy) is 1. The summed E-state index contributed by atoms with van der Waals surface area (Å²) >= 11 is 1.75. The molecule has 0 saturated carbocycles. The van der Waals surface area contributed by atoms with E-state index in [4.69, 9.17) is 4.74 Å². The van der Waals surface area contributed by atoms with Crippen molar-refractivity contribution in [2.24, 2.45) is 0 Å². The molecule has 22 heavy (non-hydrogen) atoms. The van der Waals surface area contributed by atoms with Gasteiger partial charge in [-0.15, -0.1) is 11.3 Å². The van der Waals surface area contributed by atoms with Crippen LogP contribution in [0.5, 0.6) is 0 Å². The van der Waals surface area contributed by atoms with Crippen molar-refractivity contribution in [2.45, 2.75) is 25.0 Å². The highest BCUT2D eigenvalue weighted by atomic mass is 32.1. The fourth-order valence-electron chi connectivity index (χ4n) is 2.79. The van der Waals surface area contributed by atoms with Gasteiger partial charge in [-0.3, -0.25) is 0 Å². The Morgan fingerprint density at radius 2 is 2.09 bits per heavy atom. The van der Waals surface area contributed by atoms with Gasteiger partial charge in [-0.2, -0.15) is 0 Å². The summed E-state index contributed by atoms with van der Waals surface area (Å²) in [6.45, 7) is 2.86. The number of nitrogens with one attached hydrogen (secondary N) is 1. The Morgan fingerprint density at radius 1 is 1.32 bits per heavy atom. The van der Waals surface area contributed by atoms with Gasteiger partial charge in [0.05, 0.1) is 0 Å². The Kier molecular flexibility index (Phi) is 5.37. The van der Waals surface area contributed by atoms with Gasteiger partial charge in [-0.05, 0) is 30.4 Å². The largest absolute Gasteiger partial charge is 0.375 e. The molecule has 1 atom stereocenters. The average Bonchev–Trinajstić information content (AvgIpc) is 3.11. The van der Waals surface area contributed by atoms with Crippen molar-refractivity contribution in [2.75, 3.05) is 31.6 Å². The molecule has 0 radical (unpaired) electrons. The first-order valence-electron chi connectivity index (χ1n) is 7.68. The van der Waals surface area contributed by atoms with Crippen LogP contribution in [-0.2, 0) is 4.74 Å². The quantitative estimate of drug-likeness (QED) is 0.887. The fourth-order valence-corrected chi connectivity index (χ4v) is 3.59. The lowest BCUT2D eigenvalue weighted by atomic mass is 10.1. The molecule has 1 N–H and O–H groups in total. The second-order valence-corrected chi connectivity index (χ2v) is 6.44. The van der Waals surface area contributed by atoms with Crippen LogP contribution in [0.2, 0.25) is 0 Å². The zero-order valence-electron chi connectivity index (χ0n) is 12.8. The monoisotopic (exact) mass is 318 g/mol. The maximum atomic E-state index is 5.59. The van der Waals surface area contributed by atoms with Gasteiger partial charge in [-0.25, -0.2) is 9.97 Å². The molecule has 0 amide bonds. The number of piperidine rings is 1. The van der Waals surface area contributed by atoms with Crippen LogP contribution in [0.4, 0.5) is 5.95 Å². The van der Waals surface area contributed by atoms with E-state index in [9.17, 15) is 0 Å². The van der Waals surface area contributed by atoms with Crippen molar-refractivity contribution >= 4 is 17.3 Å². The number of hydrogen-bond donors (Lipinski definition) is 1. The number of methoxy groups -OCH3 is 1. The lowest BCUT2D eigenvalue weighted by Gasteiger charge is -2.33. The summed E-state index contributed by atoms with van der Waals surface area (Å²) in [6.07, 6.45) is 5.97. The van der Waals surface area contributed by atoms with E-state index in [0.29, 0.717) is 6.04 Å². The molecule has 0 unspecified atom stereocenters. The number of nitrogens with zero attached hydrogens (tertiary/aromatic N) is 3. The molecule has 1 fully saturated rings. The molecule has 3 heterocycles. The second-order valence-electron chi connectivity index (χ2n) is 5.46. The summed E-state index contributed by atoms with van der Waals surface area (Å²) in [5.41, 5.74) is 0. The molecular weight excluding hydrogens is 296 g/mol. The molecule has 118 valence electrons. The molecule has 5 nitrogen and oxygen atoms in total. The maximum absolute atomic E-state index is 5.59. The van der Waals surface area contributed by atoms with E-state index in [1.807, 2.05) is 6.07 Å². The van der Waals surface area contributed by atoms with E-state index in [-0.39, 0.29) is 6.10 Å². The summed E-state index contributed by atoms with van der Waals surface area (Å²) < 4.78 is 5.59. The summed E-state index contributed by atoms with van der Waals surface area (Å²) in [6, 6.07) is 6.60. The first kappa shape index (κ1) is 15.4. The number of hydrogen-bond acceptors (Lipinski definition) is 6. The molecule has 2 aromatic heterocycles. The van der Waals surface area contributed by atoms with Crippen molar-refractivity contribution in [1.82, 2.24) is 15.3 Å². The maximum Gasteiger partial charge on any atom is 0.225 e. The zero-order chi connectivity index (χ0) is 15.2. The average molecular weight is 318 g/mol. The highest BCUT2D eigenvalue weighted by Crippen LogP contribution is 2.22. The van der Waals surface area contributed by atoms with E-state index in [1.54, 1.807) is 30.8 Å². The van der Waals surface area contributed by atoms with Crippen molar-refractivity contribution in [1.29, 1.82) is 0 Å². The number of thiophene rings is 1. The van der Waals surface area contributed by atoms with Crippen LogP contribution in [0.25, 0.3) is 0 Å².